The van der Waals surface area contributed by atoms with Crippen molar-refractivity contribution in [1.29, 1.82) is 0 Å². The van der Waals surface area contributed by atoms with Crippen molar-refractivity contribution >= 4 is 33.5 Å². The highest BCUT2D eigenvalue weighted by atomic mass is 79.9. The van der Waals surface area contributed by atoms with Gasteiger partial charge in [0.05, 0.1) is 12.5 Å². The lowest BCUT2D eigenvalue weighted by Crippen LogP contribution is -2.35. The van der Waals surface area contributed by atoms with Gasteiger partial charge < -0.3 is 10.4 Å². The number of halogens is 1. The van der Waals surface area contributed by atoms with Gasteiger partial charge in [0, 0.05) is 16.7 Å². The van der Waals surface area contributed by atoms with E-state index in [-0.39, 0.29) is 12.5 Å². The summed E-state index contributed by atoms with van der Waals surface area (Å²) >= 11 is 3.32. The normalized spacial score (nSPS) is 12.2. The fraction of sp³-hybridized carbons (Fsp3) is 0.385. The summed E-state index contributed by atoms with van der Waals surface area (Å²) in [5.41, 5.74) is 0.716. The van der Waals surface area contributed by atoms with Crippen molar-refractivity contribution in [2.24, 2.45) is 5.92 Å². The lowest BCUT2D eigenvalue weighted by atomic mass is 10.2. The highest BCUT2D eigenvalue weighted by Crippen LogP contribution is 2.14. The Hall–Kier alpha value is -1.40. The Morgan fingerprint density at radius 1 is 1.37 bits per heavy atom. The van der Waals surface area contributed by atoms with Crippen LogP contribution in [0.3, 0.4) is 0 Å². The van der Waals surface area contributed by atoms with E-state index >= 15 is 0 Å². The van der Waals surface area contributed by atoms with Crippen molar-refractivity contribution in [2.45, 2.75) is 6.92 Å². The standard InChI is InChI=1S/C13H17BrN2O3/c1-9(13(18)19)7-16(2)8-12(17)15-11-5-3-10(14)4-6-11/h3-6,9H,7-8H2,1-2H3,(H,15,17)(H,18,19). The lowest BCUT2D eigenvalue weighted by Gasteiger charge is -2.18. The van der Waals surface area contributed by atoms with E-state index in [9.17, 15) is 9.59 Å². The predicted octanol–water partition coefficient (Wildman–Crippen LogP) is 2.04. The maximum absolute atomic E-state index is 11.7. The van der Waals surface area contributed by atoms with E-state index in [4.69, 9.17) is 5.11 Å². The van der Waals surface area contributed by atoms with Crippen LogP contribution in [0, 0.1) is 5.92 Å². The molecule has 0 saturated heterocycles. The summed E-state index contributed by atoms with van der Waals surface area (Å²) in [5.74, 6) is -1.52. The molecule has 1 rings (SSSR count). The minimum atomic E-state index is -0.861. The fourth-order valence-corrected chi connectivity index (χ4v) is 1.85. The van der Waals surface area contributed by atoms with Gasteiger partial charge in [-0.1, -0.05) is 22.9 Å². The molecule has 0 bridgehead atoms. The van der Waals surface area contributed by atoms with Crippen LogP contribution < -0.4 is 5.32 Å². The quantitative estimate of drug-likeness (QED) is 0.838. The van der Waals surface area contributed by atoms with Gasteiger partial charge >= 0.3 is 5.97 Å². The van der Waals surface area contributed by atoms with Crippen LogP contribution in [0.4, 0.5) is 5.69 Å². The van der Waals surface area contributed by atoms with Crippen LogP contribution in [0.15, 0.2) is 28.7 Å². The van der Waals surface area contributed by atoms with Gasteiger partial charge in [-0.15, -0.1) is 0 Å². The van der Waals surface area contributed by atoms with Crippen molar-refractivity contribution in [1.82, 2.24) is 4.90 Å². The number of carbonyl (C=O) groups is 2. The molecule has 0 heterocycles. The number of aliphatic carboxylic acids is 1. The van der Waals surface area contributed by atoms with E-state index in [1.54, 1.807) is 31.0 Å². The molecule has 5 nitrogen and oxygen atoms in total. The van der Waals surface area contributed by atoms with Crippen LogP contribution in [0.1, 0.15) is 6.92 Å². The Labute approximate surface area is 120 Å². The van der Waals surface area contributed by atoms with Crippen LogP contribution in [0.5, 0.6) is 0 Å². The third kappa shape index (κ3) is 5.85. The van der Waals surface area contributed by atoms with Gasteiger partial charge in [0.15, 0.2) is 0 Å². The molecule has 0 aliphatic rings. The summed E-state index contributed by atoms with van der Waals surface area (Å²) in [6.45, 7) is 2.11. The fourth-order valence-electron chi connectivity index (χ4n) is 1.59. The number of rotatable bonds is 6. The van der Waals surface area contributed by atoms with Crippen LogP contribution in [0.2, 0.25) is 0 Å². The molecule has 1 atom stereocenters. The SMILES string of the molecule is CC(CN(C)CC(=O)Nc1ccc(Br)cc1)C(=O)O. The second-order valence-electron chi connectivity index (χ2n) is 4.49. The highest BCUT2D eigenvalue weighted by molar-refractivity contribution is 9.10. The minimum Gasteiger partial charge on any atom is -0.481 e. The van der Waals surface area contributed by atoms with Crippen molar-refractivity contribution in [2.75, 3.05) is 25.5 Å². The Kier molecular flexibility index (Phi) is 5.98. The number of carboxylic acids is 1. The van der Waals surface area contributed by atoms with Gasteiger partial charge in [0.1, 0.15) is 0 Å². The molecule has 0 aromatic heterocycles. The summed E-state index contributed by atoms with van der Waals surface area (Å²) < 4.78 is 0.943. The van der Waals surface area contributed by atoms with E-state index in [2.05, 4.69) is 21.2 Å². The van der Waals surface area contributed by atoms with Crippen LogP contribution in [-0.2, 0) is 9.59 Å². The van der Waals surface area contributed by atoms with Crippen molar-refractivity contribution in [3.63, 3.8) is 0 Å². The zero-order valence-electron chi connectivity index (χ0n) is 10.9. The first-order valence-electron chi connectivity index (χ1n) is 5.85. The molecule has 104 valence electrons. The second-order valence-corrected chi connectivity index (χ2v) is 5.41. The maximum atomic E-state index is 11.7. The van der Waals surface area contributed by atoms with Crippen LogP contribution in [-0.4, -0.2) is 42.0 Å². The summed E-state index contributed by atoms with van der Waals surface area (Å²) in [4.78, 5) is 24.1. The van der Waals surface area contributed by atoms with Crippen molar-refractivity contribution < 1.29 is 14.7 Å². The summed E-state index contributed by atoms with van der Waals surface area (Å²) in [7, 11) is 1.72. The molecule has 2 N–H and O–H groups in total. The van der Waals surface area contributed by atoms with E-state index in [0.29, 0.717) is 12.2 Å². The number of hydrogen-bond acceptors (Lipinski definition) is 3. The number of amides is 1. The predicted molar refractivity (Wildman–Crippen MR) is 77.1 cm³/mol. The Morgan fingerprint density at radius 2 is 1.95 bits per heavy atom. The van der Waals surface area contributed by atoms with Crippen molar-refractivity contribution in [3.8, 4) is 0 Å². The van der Waals surface area contributed by atoms with E-state index in [0.717, 1.165) is 4.47 Å². The minimum absolute atomic E-state index is 0.160. The number of nitrogens with zero attached hydrogens (tertiary/aromatic N) is 1. The molecule has 1 aromatic rings. The monoisotopic (exact) mass is 328 g/mol. The van der Waals surface area contributed by atoms with Crippen LogP contribution >= 0.6 is 15.9 Å². The topological polar surface area (TPSA) is 69.6 Å². The van der Waals surface area contributed by atoms with E-state index in [1.807, 2.05) is 12.1 Å². The third-order valence-corrected chi connectivity index (χ3v) is 3.08. The number of benzene rings is 1. The van der Waals surface area contributed by atoms with E-state index in [1.165, 1.54) is 0 Å². The first kappa shape index (κ1) is 15.7. The van der Waals surface area contributed by atoms with Gasteiger partial charge in [-0.25, -0.2) is 0 Å². The van der Waals surface area contributed by atoms with Gasteiger partial charge in [-0.05, 0) is 31.3 Å². The number of hydrogen-bond donors (Lipinski definition) is 2. The molecular formula is C13H17BrN2O3. The number of carboxylic acid groups (broad SMARTS) is 1. The zero-order chi connectivity index (χ0) is 14.4. The molecule has 0 aliphatic heterocycles. The molecule has 0 aliphatic carbocycles. The molecule has 0 spiro atoms. The van der Waals surface area contributed by atoms with Crippen molar-refractivity contribution in [3.05, 3.63) is 28.7 Å². The average Bonchev–Trinajstić information content (AvgIpc) is 2.31. The molecule has 0 radical (unpaired) electrons. The number of anilines is 1. The average molecular weight is 329 g/mol. The highest BCUT2D eigenvalue weighted by Gasteiger charge is 2.15. The van der Waals surface area contributed by atoms with Crippen LogP contribution in [0.25, 0.3) is 0 Å². The first-order chi connectivity index (χ1) is 8.88. The van der Waals surface area contributed by atoms with E-state index < -0.39 is 11.9 Å². The Bertz CT molecular complexity index is 448. The molecule has 19 heavy (non-hydrogen) atoms. The number of likely N-dealkylation sites (N-methyl/N-ethyl adjacent to an activating group) is 1. The summed E-state index contributed by atoms with van der Waals surface area (Å²) in [6, 6.07) is 7.27. The maximum Gasteiger partial charge on any atom is 0.307 e. The van der Waals surface area contributed by atoms with Gasteiger partial charge in [0.2, 0.25) is 5.91 Å². The number of carbonyl (C=O) groups excluding carboxylic acids is 1. The second kappa shape index (κ2) is 7.25. The van der Waals surface area contributed by atoms with Gasteiger partial charge in [0.25, 0.3) is 0 Å². The lowest BCUT2D eigenvalue weighted by molar-refractivity contribution is -0.141. The zero-order valence-corrected chi connectivity index (χ0v) is 12.5. The molecule has 1 amide bonds. The Balaban J connectivity index is 2.42. The molecule has 1 aromatic carbocycles. The third-order valence-electron chi connectivity index (χ3n) is 2.55. The molecule has 1 unspecified atom stereocenters. The molecule has 6 heteroatoms. The summed E-state index contributed by atoms with van der Waals surface area (Å²) in [6.07, 6.45) is 0. The molecular weight excluding hydrogens is 312 g/mol. The van der Waals surface area contributed by atoms with Gasteiger partial charge in [-0.2, -0.15) is 0 Å². The smallest absolute Gasteiger partial charge is 0.307 e. The Morgan fingerprint density at radius 3 is 2.47 bits per heavy atom. The van der Waals surface area contributed by atoms with Gasteiger partial charge in [-0.3, -0.25) is 14.5 Å². The summed E-state index contributed by atoms with van der Waals surface area (Å²) in [5, 5.41) is 11.5. The molecule has 0 saturated carbocycles. The largest absolute Gasteiger partial charge is 0.481 e. The molecule has 0 fully saturated rings. The number of nitrogens with one attached hydrogen (secondary N) is 1. The first-order valence-corrected chi connectivity index (χ1v) is 6.64.